The maximum atomic E-state index is 9.23. The van der Waals surface area contributed by atoms with Crippen LogP contribution in [-0.2, 0) is 6.61 Å². The highest BCUT2D eigenvalue weighted by Crippen LogP contribution is 2.36. The van der Waals surface area contributed by atoms with Gasteiger partial charge in [0.2, 0.25) is 0 Å². The number of aliphatic hydroxyl groups excluding tert-OH is 1. The number of aromatic nitrogens is 2. The van der Waals surface area contributed by atoms with Gasteiger partial charge in [-0.15, -0.1) is 22.7 Å². The number of rotatable bonds is 5. The molecule has 4 aromatic rings. The first-order valence-electron chi connectivity index (χ1n) is 7.37. The topological polar surface area (TPSA) is 52.1 Å². The lowest BCUT2D eigenvalue weighted by atomic mass is 10.2. The van der Waals surface area contributed by atoms with E-state index in [9.17, 15) is 5.11 Å². The number of benzene rings is 1. The minimum Gasteiger partial charge on any atom is -0.391 e. The molecule has 0 radical (unpaired) electrons. The molecular formula is C17H15N3OS3. The zero-order valence-electron chi connectivity index (χ0n) is 12.9. The monoisotopic (exact) mass is 373 g/mol. The Kier molecular flexibility index (Phi) is 4.32. The van der Waals surface area contributed by atoms with Gasteiger partial charge in [-0.3, -0.25) is 0 Å². The van der Waals surface area contributed by atoms with Gasteiger partial charge in [-0.2, -0.15) is 0 Å². The van der Waals surface area contributed by atoms with Gasteiger partial charge in [0.1, 0.15) is 5.01 Å². The lowest BCUT2D eigenvalue weighted by molar-refractivity contribution is 0.285. The molecule has 2 N–H and O–H groups in total. The predicted octanol–water partition coefficient (Wildman–Crippen LogP) is 4.99. The average Bonchev–Trinajstić information content (AvgIpc) is 3.33. The molecule has 3 aromatic heterocycles. The number of aliphatic hydroxyl groups is 1. The summed E-state index contributed by atoms with van der Waals surface area (Å²) in [5.41, 5.74) is 3.22. The number of nitrogens with zero attached hydrogens (tertiary/aromatic N) is 2. The number of para-hydroxylation sites is 1. The predicted molar refractivity (Wildman–Crippen MR) is 104 cm³/mol. The van der Waals surface area contributed by atoms with Crippen LogP contribution in [0.5, 0.6) is 0 Å². The quantitative estimate of drug-likeness (QED) is 0.484. The second-order valence-electron chi connectivity index (χ2n) is 5.24. The third-order valence-corrected chi connectivity index (χ3v) is 6.61. The molecule has 3 heterocycles. The number of fused-ring (bicyclic) bond motifs is 1. The van der Waals surface area contributed by atoms with Gasteiger partial charge in [0.05, 0.1) is 32.6 Å². The molecule has 0 aliphatic rings. The van der Waals surface area contributed by atoms with Crippen molar-refractivity contribution in [1.82, 2.24) is 9.97 Å². The van der Waals surface area contributed by atoms with Gasteiger partial charge in [-0.05, 0) is 35.5 Å². The molecule has 0 aliphatic heterocycles. The van der Waals surface area contributed by atoms with Crippen LogP contribution in [0.1, 0.15) is 4.88 Å². The van der Waals surface area contributed by atoms with Gasteiger partial charge < -0.3 is 14.4 Å². The van der Waals surface area contributed by atoms with E-state index in [2.05, 4.69) is 63.1 Å². The summed E-state index contributed by atoms with van der Waals surface area (Å²) >= 11 is 4.96. The molecule has 0 fully saturated rings. The molecule has 0 saturated carbocycles. The Morgan fingerprint density at radius 3 is 2.96 bits per heavy atom. The number of hydrogen-bond donors (Lipinski definition) is 2. The van der Waals surface area contributed by atoms with Crippen LogP contribution in [0.2, 0.25) is 0 Å². The molecule has 4 rings (SSSR count). The summed E-state index contributed by atoms with van der Waals surface area (Å²) in [5, 5.41) is 13.4. The molecule has 0 saturated heterocycles. The van der Waals surface area contributed by atoms with Crippen molar-refractivity contribution in [2.45, 2.75) is 10.8 Å². The summed E-state index contributed by atoms with van der Waals surface area (Å²) < 4.78 is 3.43. The maximum Gasteiger partial charge on any atom is 0.139 e. The van der Waals surface area contributed by atoms with E-state index in [1.807, 2.05) is 0 Å². The molecular weight excluding hydrogens is 358 g/mol. The number of hydrogen-bond acceptors (Lipinski definition) is 6. The Hall–Kier alpha value is -1.80. The van der Waals surface area contributed by atoms with Crippen LogP contribution in [-0.4, -0.2) is 22.1 Å². The van der Waals surface area contributed by atoms with Crippen LogP contribution in [0.3, 0.4) is 0 Å². The van der Waals surface area contributed by atoms with Crippen molar-refractivity contribution in [3.05, 3.63) is 52.9 Å². The number of thiophene rings is 1. The Morgan fingerprint density at radius 1 is 1.29 bits per heavy atom. The van der Waals surface area contributed by atoms with E-state index in [0.29, 0.717) is 0 Å². The SMILES string of the molecule is CN(Sc1cccs1)c1cccc2cc(-c3ncc(CO)s3)[nH]c12. The first-order chi connectivity index (χ1) is 11.7. The Balaban J connectivity index is 1.71. The third-order valence-electron chi connectivity index (χ3n) is 3.64. The van der Waals surface area contributed by atoms with Gasteiger partial charge in [0.15, 0.2) is 0 Å². The van der Waals surface area contributed by atoms with Gasteiger partial charge in [-0.25, -0.2) is 4.98 Å². The van der Waals surface area contributed by atoms with Crippen molar-refractivity contribution >= 4 is 51.2 Å². The fraction of sp³-hybridized carbons (Fsp3) is 0.118. The van der Waals surface area contributed by atoms with Gasteiger partial charge in [0.25, 0.3) is 0 Å². The zero-order valence-corrected chi connectivity index (χ0v) is 15.3. The lowest BCUT2D eigenvalue weighted by Gasteiger charge is -2.17. The Labute approximate surface area is 151 Å². The molecule has 0 spiro atoms. The third kappa shape index (κ3) is 2.95. The molecule has 0 bridgehead atoms. The molecule has 122 valence electrons. The second-order valence-corrected chi connectivity index (χ2v) is 8.73. The molecule has 1 aromatic carbocycles. The van der Waals surface area contributed by atoms with E-state index in [1.54, 1.807) is 29.5 Å². The highest BCUT2D eigenvalue weighted by atomic mass is 32.2. The normalized spacial score (nSPS) is 11.2. The van der Waals surface area contributed by atoms with Gasteiger partial charge in [-0.1, -0.05) is 18.2 Å². The van der Waals surface area contributed by atoms with Gasteiger partial charge >= 0.3 is 0 Å². The van der Waals surface area contributed by atoms with Crippen LogP contribution in [0, 0.1) is 0 Å². The summed E-state index contributed by atoms with van der Waals surface area (Å²) in [6.07, 6.45) is 1.73. The first kappa shape index (κ1) is 15.7. The Bertz CT molecular complexity index is 959. The standard InChI is InChI=1S/C17H15N3OS3/c1-20(24-15-6-3-7-22-15)14-5-2-4-11-8-13(19-16(11)14)17-18-9-12(10-21)23-17/h2-9,19,21H,10H2,1H3. The van der Waals surface area contributed by atoms with Gasteiger partial charge in [0, 0.05) is 18.6 Å². The number of nitrogens with one attached hydrogen (secondary N) is 1. The van der Waals surface area contributed by atoms with E-state index in [4.69, 9.17) is 0 Å². The summed E-state index contributed by atoms with van der Waals surface area (Å²) in [4.78, 5) is 8.76. The van der Waals surface area contributed by atoms with E-state index >= 15 is 0 Å². The largest absolute Gasteiger partial charge is 0.391 e. The minimum absolute atomic E-state index is 0.0311. The summed E-state index contributed by atoms with van der Waals surface area (Å²) in [6, 6.07) is 12.6. The van der Waals surface area contributed by atoms with Crippen molar-refractivity contribution in [3.63, 3.8) is 0 Å². The van der Waals surface area contributed by atoms with Crippen molar-refractivity contribution in [1.29, 1.82) is 0 Å². The fourth-order valence-corrected chi connectivity index (χ4v) is 5.05. The molecule has 24 heavy (non-hydrogen) atoms. The summed E-state index contributed by atoms with van der Waals surface area (Å²) in [7, 11) is 2.08. The molecule has 4 nitrogen and oxygen atoms in total. The summed E-state index contributed by atoms with van der Waals surface area (Å²) in [5.74, 6) is 0. The van der Waals surface area contributed by atoms with E-state index in [0.717, 1.165) is 32.2 Å². The van der Waals surface area contributed by atoms with Crippen LogP contribution < -0.4 is 4.31 Å². The highest BCUT2D eigenvalue weighted by Gasteiger charge is 2.13. The van der Waals surface area contributed by atoms with E-state index < -0.39 is 0 Å². The number of aromatic amines is 1. The van der Waals surface area contributed by atoms with Crippen molar-refractivity contribution in [2.75, 3.05) is 11.4 Å². The molecule has 0 aliphatic carbocycles. The number of anilines is 1. The number of thiazole rings is 1. The Morgan fingerprint density at radius 2 is 2.21 bits per heavy atom. The minimum atomic E-state index is 0.0311. The van der Waals surface area contributed by atoms with Crippen LogP contribution in [0.4, 0.5) is 5.69 Å². The fourth-order valence-electron chi connectivity index (χ4n) is 2.52. The van der Waals surface area contributed by atoms with Crippen molar-refractivity contribution in [3.8, 4) is 10.7 Å². The van der Waals surface area contributed by atoms with E-state index in [1.165, 1.54) is 15.5 Å². The van der Waals surface area contributed by atoms with Crippen molar-refractivity contribution < 1.29 is 5.11 Å². The van der Waals surface area contributed by atoms with Crippen molar-refractivity contribution in [2.24, 2.45) is 0 Å². The first-order valence-corrected chi connectivity index (χ1v) is 9.84. The molecule has 0 amide bonds. The van der Waals surface area contributed by atoms with Crippen LogP contribution in [0.15, 0.2) is 52.2 Å². The summed E-state index contributed by atoms with van der Waals surface area (Å²) in [6.45, 7) is 0.0311. The number of H-pyrrole nitrogens is 1. The van der Waals surface area contributed by atoms with Crippen LogP contribution in [0.25, 0.3) is 21.6 Å². The maximum absolute atomic E-state index is 9.23. The zero-order chi connectivity index (χ0) is 16.5. The second kappa shape index (κ2) is 6.60. The smallest absolute Gasteiger partial charge is 0.139 e. The average molecular weight is 374 g/mol. The molecule has 0 atom stereocenters. The molecule has 7 heteroatoms. The lowest BCUT2D eigenvalue weighted by Crippen LogP contribution is -2.05. The van der Waals surface area contributed by atoms with Crippen LogP contribution >= 0.6 is 34.6 Å². The highest BCUT2D eigenvalue weighted by molar-refractivity contribution is 8.02. The van der Waals surface area contributed by atoms with E-state index in [-0.39, 0.29) is 6.61 Å². The molecule has 0 unspecified atom stereocenters.